The molecule has 0 aliphatic carbocycles. The zero-order chi connectivity index (χ0) is 16.7. The second-order valence-corrected chi connectivity index (χ2v) is 5.64. The van der Waals surface area contributed by atoms with Gasteiger partial charge in [0.2, 0.25) is 5.91 Å². The van der Waals surface area contributed by atoms with Crippen molar-refractivity contribution in [3.8, 4) is 5.75 Å². The first-order valence-electron chi connectivity index (χ1n) is 7.88. The van der Waals surface area contributed by atoms with E-state index in [1.165, 1.54) is 13.2 Å². The number of ether oxygens (including phenoxy) is 2. The summed E-state index contributed by atoms with van der Waals surface area (Å²) in [5.41, 5.74) is 0.820. The topological polar surface area (TPSA) is 84.9 Å². The lowest BCUT2D eigenvalue weighted by atomic mass is 10.0. The average molecular weight is 321 g/mol. The summed E-state index contributed by atoms with van der Waals surface area (Å²) in [6.07, 6.45) is 4.63. The van der Waals surface area contributed by atoms with Gasteiger partial charge in [-0.3, -0.25) is 4.79 Å². The molecule has 0 saturated carbocycles. The Morgan fingerprint density at radius 2 is 2.22 bits per heavy atom. The summed E-state index contributed by atoms with van der Waals surface area (Å²) in [7, 11) is 1.43. The quantitative estimate of drug-likeness (QED) is 0.805. The summed E-state index contributed by atoms with van der Waals surface area (Å²) in [5, 5.41) is 12.0. The minimum Gasteiger partial charge on any atom is -0.496 e. The van der Waals surface area contributed by atoms with Crippen molar-refractivity contribution in [1.29, 1.82) is 0 Å². The molecule has 6 nitrogen and oxygen atoms in total. The van der Waals surface area contributed by atoms with E-state index in [2.05, 4.69) is 5.32 Å². The highest BCUT2D eigenvalue weighted by molar-refractivity contribution is 5.91. The summed E-state index contributed by atoms with van der Waals surface area (Å²) in [5.74, 6) is -0.793. The van der Waals surface area contributed by atoms with Gasteiger partial charge in [-0.05, 0) is 43.4 Å². The monoisotopic (exact) mass is 321 g/mol. The van der Waals surface area contributed by atoms with E-state index >= 15 is 0 Å². The molecule has 0 aromatic heterocycles. The maximum atomic E-state index is 11.9. The first kappa shape index (κ1) is 17.3. The lowest BCUT2D eigenvalue weighted by Gasteiger charge is -2.22. The van der Waals surface area contributed by atoms with Gasteiger partial charge >= 0.3 is 5.97 Å². The number of carbonyl (C=O) groups is 2. The lowest BCUT2D eigenvalue weighted by Crippen LogP contribution is -2.26. The molecule has 0 radical (unpaired) electrons. The van der Waals surface area contributed by atoms with E-state index in [4.69, 9.17) is 14.6 Å². The van der Waals surface area contributed by atoms with Crippen LogP contribution < -0.4 is 10.1 Å². The number of benzene rings is 1. The zero-order valence-electron chi connectivity index (χ0n) is 13.3. The van der Waals surface area contributed by atoms with Crippen LogP contribution in [0.5, 0.6) is 5.75 Å². The predicted molar refractivity (Wildman–Crippen MR) is 84.6 cm³/mol. The van der Waals surface area contributed by atoms with E-state index in [0.717, 1.165) is 37.9 Å². The summed E-state index contributed by atoms with van der Waals surface area (Å²) in [4.78, 5) is 23.1. The summed E-state index contributed by atoms with van der Waals surface area (Å²) >= 11 is 0. The van der Waals surface area contributed by atoms with Gasteiger partial charge in [0.25, 0.3) is 0 Å². The van der Waals surface area contributed by atoms with Crippen LogP contribution in [0.15, 0.2) is 18.2 Å². The molecular weight excluding hydrogens is 298 g/mol. The molecule has 1 aromatic rings. The van der Waals surface area contributed by atoms with E-state index in [0.29, 0.717) is 18.7 Å². The number of carbonyl (C=O) groups excluding carboxylic acids is 1. The predicted octanol–water partition coefficient (Wildman–Crippen LogP) is 2.36. The number of hydrogen-bond donors (Lipinski definition) is 2. The van der Waals surface area contributed by atoms with Gasteiger partial charge in [0.15, 0.2) is 0 Å². The molecule has 1 saturated heterocycles. The summed E-state index contributed by atoms with van der Waals surface area (Å²) in [6, 6.07) is 4.86. The molecule has 2 N–H and O–H groups in total. The van der Waals surface area contributed by atoms with Crippen molar-refractivity contribution in [2.24, 2.45) is 0 Å². The fourth-order valence-corrected chi connectivity index (χ4v) is 2.65. The smallest absolute Gasteiger partial charge is 0.339 e. The van der Waals surface area contributed by atoms with Gasteiger partial charge in [-0.25, -0.2) is 4.79 Å². The van der Waals surface area contributed by atoms with Crippen molar-refractivity contribution < 1.29 is 24.2 Å². The molecule has 1 fully saturated rings. The Balaban J connectivity index is 1.81. The number of nitrogens with one attached hydrogen (secondary N) is 1. The molecule has 1 aromatic carbocycles. The Kier molecular flexibility index (Phi) is 6.40. The van der Waals surface area contributed by atoms with Crippen LogP contribution in [0.25, 0.3) is 0 Å². The fraction of sp³-hybridized carbons (Fsp3) is 0.529. The minimum absolute atomic E-state index is 0.0492. The van der Waals surface area contributed by atoms with Gasteiger partial charge in [0.05, 0.1) is 13.2 Å². The van der Waals surface area contributed by atoms with Crippen LogP contribution in [0, 0.1) is 0 Å². The van der Waals surface area contributed by atoms with Crippen LogP contribution in [0.4, 0.5) is 0 Å². The maximum absolute atomic E-state index is 11.9. The highest BCUT2D eigenvalue weighted by atomic mass is 16.5. The normalized spacial score (nSPS) is 17.5. The van der Waals surface area contributed by atoms with Crippen molar-refractivity contribution in [1.82, 2.24) is 5.32 Å². The molecule has 0 bridgehead atoms. The number of amides is 1. The molecule has 2 rings (SSSR count). The number of carboxylic acids is 1. The maximum Gasteiger partial charge on any atom is 0.339 e. The Morgan fingerprint density at radius 1 is 1.39 bits per heavy atom. The average Bonchev–Trinajstić information content (AvgIpc) is 2.58. The van der Waals surface area contributed by atoms with Gasteiger partial charge < -0.3 is 19.9 Å². The molecule has 1 atom stereocenters. The third-order valence-electron chi connectivity index (χ3n) is 3.95. The van der Waals surface area contributed by atoms with E-state index in [1.807, 2.05) is 0 Å². The Hall–Kier alpha value is -2.08. The molecule has 23 heavy (non-hydrogen) atoms. The van der Waals surface area contributed by atoms with E-state index < -0.39 is 5.97 Å². The molecule has 126 valence electrons. The van der Waals surface area contributed by atoms with E-state index in [9.17, 15) is 9.59 Å². The summed E-state index contributed by atoms with van der Waals surface area (Å²) < 4.78 is 10.6. The molecule has 1 aliphatic rings. The van der Waals surface area contributed by atoms with Crippen LogP contribution in [0.1, 0.15) is 48.0 Å². The third kappa shape index (κ3) is 5.25. The number of carboxylic acid groups (broad SMARTS) is 1. The van der Waals surface area contributed by atoms with E-state index in [-0.39, 0.29) is 17.6 Å². The van der Waals surface area contributed by atoms with Crippen molar-refractivity contribution in [2.45, 2.75) is 44.8 Å². The fourth-order valence-electron chi connectivity index (χ4n) is 2.65. The number of methoxy groups -OCH3 is 1. The SMILES string of the molecule is COc1ccc(CNC(=O)CC[C@H]2CCCCO2)cc1C(=O)O. The standard InChI is InChI=1S/C17H23NO5/c1-22-15-7-5-12(10-14(15)17(20)21)11-18-16(19)8-6-13-4-2-3-9-23-13/h5,7,10,13H,2-4,6,8-9,11H2,1H3,(H,18,19)(H,20,21)/t13-/m1/s1. The minimum atomic E-state index is -1.05. The van der Waals surface area contributed by atoms with Crippen molar-refractivity contribution in [3.63, 3.8) is 0 Å². The molecule has 1 aliphatic heterocycles. The zero-order valence-corrected chi connectivity index (χ0v) is 13.3. The van der Waals surface area contributed by atoms with Gasteiger partial charge in [-0.15, -0.1) is 0 Å². The van der Waals surface area contributed by atoms with Crippen LogP contribution in [-0.2, 0) is 16.1 Å². The van der Waals surface area contributed by atoms with Crippen molar-refractivity contribution in [2.75, 3.05) is 13.7 Å². The van der Waals surface area contributed by atoms with Gasteiger partial charge in [0.1, 0.15) is 11.3 Å². The van der Waals surface area contributed by atoms with Crippen molar-refractivity contribution >= 4 is 11.9 Å². The Labute approximate surface area is 135 Å². The molecule has 6 heteroatoms. The highest BCUT2D eigenvalue weighted by Crippen LogP contribution is 2.20. The second kappa shape index (κ2) is 8.53. The molecule has 0 unspecified atom stereocenters. The highest BCUT2D eigenvalue weighted by Gasteiger charge is 2.15. The second-order valence-electron chi connectivity index (χ2n) is 5.64. The van der Waals surface area contributed by atoms with Crippen LogP contribution in [0.3, 0.4) is 0 Å². The summed E-state index contributed by atoms with van der Waals surface area (Å²) in [6.45, 7) is 1.09. The first-order chi connectivity index (χ1) is 11.1. The largest absolute Gasteiger partial charge is 0.496 e. The Bertz CT molecular complexity index is 552. The van der Waals surface area contributed by atoms with E-state index in [1.54, 1.807) is 12.1 Å². The van der Waals surface area contributed by atoms with Gasteiger partial charge in [0, 0.05) is 19.6 Å². The first-order valence-corrected chi connectivity index (χ1v) is 7.88. The van der Waals surface area contributed by atoms with Crippen LogP contribution >= 0.6 is 0 Å². The van der Waals surface area contributed by atoms with Crippen LogP contribution in [0.2, 0.25) is 0 Å². The molecular formula is C17H23NO5. The third-order valence-corrected chi connectivity index (χ3v) is 3.95. The number of hydrogen-bond acceptors (Lipinski definition) is 4. The van der Waals surface area contributed by atoms with Gasteiger partial charge in [-0.2, -0.15) is 0 Å². The van der Waals surface area contributed by atoms with Gasteiger partial charge in [-0.1, -0.05) is 6.07 Å². The van der Waals surface area contributed by atoms with Crippen molar-refractivity contribution in [3.05, 3.63) is 29.3 Å². The van der Waals surface area contributed by atoms with Crippen LogP contribution in [-0.4, -0.2) is 36.8 Å². The number of rotatable bonds is 7. The molecule has 0 spiro atoms. The number of aromatic carboxylic acids is 1. The lowest BCUT2D eigenvalue weighted by molar-refractivity contribution is -0.122. The molecule has 1 heterocycles. The molecule has 1 amide bonds. The Morgan fingerprint density at radius 3 is 2.87 bits per heavy atom.